The highest BCUT2D eigenvalue weighted by Crippen LogP contribution is 2.29. The molecule has 0 atom stereocenters. The predicted octanol–water partition coefficient (Wildman–Crippen LogP) is 5.28. The molecule has 3 nitrogen and oxygen atoms in total. The third kappa shape index (κ3) is 4.03. The zero-order chi connectivity index (χ0) is 15.5. The van der Waals surface area contributed by atoms with Gasteiger partial charge in [0.25, 0.3) is 0 Å². The van der Waals surface area contributed by atoms with Gasteiger partial charge in [0.1, 0.15) is 16.2 Å². The lowest BCUT2D eigenvalue weighted by Gasteiger charge is -2.23. The minimum atomic E-state index is 0.186. The van der Waals surface area contributed by atoms with Crippen LogP contribution in [0.1, 0.15) is 45.5 Å². The molecule has 1 aromatic carbocycles. The standard InChI is InChI=1S/C17H21BrN2O/c1-5-15-19-14(18)11-16(20-15)21-13-9-7-12(8-10-13)17(3,4)6-2/h7-11H,5-6H2,1-4H3. The van der Waals surface area contributed by atoms with Crippen LogP contribution in [0.4, 0.5) is 0 Å². The molecule has 0 saturated carbocycles. The number of nitrogens with zero attached hydrogens (tertiary/aromatic N) is 2. The van der Waals surface area contributed by atoms with E-state index in [4.69, 9.17) is 4.74 Å². The Hall–Kier alpha value is -1.42. The number of aromatic nitrogens is 2. The Bertz CT molecular complexity index is 609. The van der Waals surface area contributed by atoms with E-state index >= 15 is 0 Å². The van der Waals surface area contributed by atoms with Crippen molar-refractivity contribution in [3.8, 4) is 11.6 Å². The predicted molar refractivity (Wildman–Crippen MR) is 88.9 cm³/mol. The second kappa shape index (κ2) is 6.56. The molecule has 2 rings (SSSR count). The molecule has 1 aromatic heterocycles. The van der Waals surface area contributed by atoms with Gasteiger partial charge in [-0.25, -0.2) is 4.98 Å². The van der Waals surface area contributed by atoms with Crippen LogP contribution in [0.5, 0.6) is 11.6 Å². The Morgan fingerprint density at radius 1 is 1.10 bits per heavy atom. The molecule has 0 bridgehead atoms. The van der Waals surface area contributed by atoms with Gasteiger partial charge in [-0.05, 0) is 45.5 Å². The van der Waals surface area contributed by atoms with Gasteiger partial charge in [0.2, 0.25) is 5.88 Å². The minimum Gasteiger partial charge on any atom is -0.439 e. The molecule has 0 saturated heterocycles. The summed E-state index contributed by atoms with van der Waals surface area (Å²) in [6.45, 7) is 8.72. The fourth-order valence-electron chi connectivity index (χ4n) is 1.95. The molecule has 0 amide bonds. The quantitative estimate of drug-likeness (QED) is 0.689. The fourth-order valence-corrected chi connectivity index (χ4v) is 2.35. The molecule has 2 aromatic rings. The summed E-state index contributed by atoms with van der Waals surface area (Å²) in [5, 5.41) is 0. The van der Waals surface area contributed by atoms with Gasteiger partial charge >= 0.3 is 0 Å². The summed E-state index contributed by atoms with van der Waals surface area (Å²) < 4.78 is 6.57. The maximum absolute atomic E-state index is 5.82. The van der Waals surface area contributed by atoms with Crippen LogP contribution < -0.4 is 4.74 Å². The molecule has 112 valence electrons. The van der Waals surface area contributed by atoms with E-state index in [9.17, 15) is 0 Å². The van der Waals surface area contributed by atoms with Crippen molar-refractivity contribution in [1.29, 1.82) is 0 Å². The van der Waals surface area contributed by atoms with Gasteiger partial charge in [-0.15, -0.1) is 0 Å². The van der Waals surface area contributed by atoms with Crippen LogP contribution in [-0.4, -0.2) is 9.97 Å². The van der Waals surface area contributed by atoms with Crippen LogP contribution in [-0.2, 0) is 11.8 Å². The van der Waals surface area contributed by atoms with Gasteiger partial charge in [0.05, 0.1) is 0 Å². The molecular formula is C17H21BrN2O. The number of ether oxygens (including phenoxy) is 1. The highest BCUT2D eigenvalue weighted by atomic mass is 79.9. The van der Waals surface area contributed by atoms with Crippen molar-refractivity contribution < 1.29 is 4.74 Å². The molecule has 21 heavy (non-hydrogen) atoms. The van der Waals surface area contributed by atoms with Crippen LogP contribution in [0.15, 0.2) is 34.9 Å². The Morgan fingerprint density at radius 2 is 1.76 bits per heavy atom. The molecular weight excluding hydrogens is 328 g/mol. The lowest BCUT2D eigenvalue weighted by Crippen LogP contribution is -2.14. The highest BCUT2D eigenvalue weighted by molar-refractivity contribution is 9.10. The first-order valence-electron chi connectivity index (χ1n) is 7.26. The number of hydrogen-bond acceptors (Lipinski definition) is 3. The molecule has 0 unspecified atom stereocenters. The van der Waals surface area contributed by atoms with E-state index in [2.05, 4.69) is 58.8 Å². The summed E-state index contributed by atoms with van der Waals surface area (Å²) in [5.41, 5.74) is 1.50. The number of benzene rings is 1. The molecule has 0 aliphatic carbocycles. The maximum Gasteiger partial charge on any atom is 0.223 e. The van der Waals surface area contributed by atoms with Crippen molar-refractivity contribution in [3.05, 3.63) is 46.3 Å². The second-order valence-electron chi connectivity index (χ2n) is 5.66. The summed E-state index contributed by atoms with van der Waals surface area (Å²) in [5.74, 6) is 2.12. The van der Waals surface area contributed by atoms with Crippen LogP contribution in [0, 0.1) is 0 Å². The van der Waals surface area contributed by atoms with E-state index in [0.717, 1.165) is 29.0 Å². The monoisotopic (exact) mass is 348 g/mol. The topological polar surface area (TPSA) is 35.0 Å². The zero-order valence-electron chi connectivity index (χ0n) is 13.0. The highest BCUT2D eigenvalue weighted by Gasteiger charge is 2.17. The van der Waals surface area contributed by atoms with Gasteiger partial charge in [-0.1, -0.05) is 39.8 Å². The lowest BCUT2D eigenvalue weighted by molar-refractivity contribution is 0.456. The number of halogens is 1. The molecule has 0 aliphatic heterocycles. The van der Waals surface area contributed by atoms with Gasteiger partial charge in [-0.3, -0.25) is 0 Å². The van der Waals surface area contributed by atoms with Crippen LogP contribution in [0.2, 0.25) is 0 Å². The van der Waals surface area contributed by atoms with E-state index in [1.54, 1.807) is 6.07 Å². The molecule has 0 radical (unpaired) electrons. The second-order valence-corrected chi connectivity index (χ2v) is 6.48. The number of aryl methyl sites for hydroxylation is 1. The largest absolute Gasteiger partial charge is 0.439 e. The SMILES string of the molecule is CCc1nc(Br)cc(Oc2ccc(C(C)(C)CC)cc2)n1. The third-order valence-corrected chi connectivity index (χ3v) is 4.18. The van der Waals surface area contributed by atoms with Crippen LogP contribution >= 0.6 is 15.9 Å². The lowest BCUT2D eigenvalue weighted by atomic mass is 9.82. The Balaban J connectivity index is 2.19. The smallest absolute Gasteiger partial charge is 0.223 e. The van der Waals surface area contributed by atoms with Crippen molar-refractivity contribution in [2.75, 3.05) is 0 Å². The maximum atomic E-state index is 5.82. The fraction of sp³-hybridized carbons (Fsp3) is 0.412. The summed E-state index contributed by atoms with van der Waals surface area (Å²) >= 11 is 3.38. The summed E-state index contributed by atoms with van der Waals surface area (Å²) in [7, 11) is 0. The summed E-state index contributed by atoms with van der Waals surface area (Å²) in [6.07, 6.45) is 1.88. The first-order valence-corrected chi connectivity index (χ1v) is 8.05. The van der Waals surface area contributed by atoms with Crippen molar-refractivity contribution in [3.63, 3.8) is 0 Å². The van der Waals surface area contributed by atoms with E-state index in [1.807, 2.05) is 19.1 Å². The third-order valence-electron chi connectivity index (χ3n) is 3.78. The Kier molecular flexibility index (Phi) is 4.99. The molecule has 0 N–H and O–H groups in total. The average Bonchev–Trinajstić information content (AvgIpc) is 2.47. The number of rotatable bonds is 5. The molecule has 1 heterocycles. The van der Waals surface area contributed by atoms with Gasteiger partial charge < -0.3 is 4.74 Å². The molecule has 4 heteroatoms. The van der Waals surface area contributed by atoms with E-state index < -0.39 is 0 Å². The molecule has 0 spiro atoms. The zero-order valence-corrected chi connectivity index (χ0v) is 14.6. The Labute approximate surface area is 134 Å². The van der Waals surface area contributed by atoms with Crippen molar-refractivity contribution in [1.82, 2.24) is 9.97 Å². The van der Waals surface area contributed by atoms with E-state index in [0.29, 0.717) is 5.88 Å². The number of hydrogen-bond donors (Lipinski definition) is 0. The van der Waals surface area contributed by atoms with Gasteiger partial charge in [0.15, 0.2) is 0 Å². The minimum absolute atomic E-state index is 0.186. The Morgan fingerprint density at radius 3 is 2.33 bits per heavy atom. The summed E-state index contributed by atoms with van der Waals surface area (Å²) in [4.78, 5) is 8.65. The van der Waals surface area contributed by atoms with Crippen LogP contribution in [0.25, 0.3) is 0 Å². The average molecular weight is 349 g/mol. The van der Waals surface area contributed by atoms with Crippen molar-refractivity contribution in [2.45, 2.75) is 46.0 Å². The van der Waals surface area contributed by atoms with Crippen molar-refractivity contribution >= 4 is 15.9 Å². The summed E-state index contributed by atoms with van der Waals surface area (Å²) in [6, 6.07) is 10.0. The normalized spacial score (nSPS) is 11.5. The van der Waals surface area contributed by atoms with Gasteiger partial charge in [0, 0.05) is 12.5 Å². The van der Waals surface area contributed by atoms with E-state index in [-0.39, 0.29) is 5.41 Å². The van der Waals surface area contributed by atoms with Crippen LogP contribution in [0.3, 0.4) is 0 Å². The van der Waals surface area contributed by atoms with Crippen molar-refractivity contribution in [2.24, 2.45) is 0 Å². The molecule has 0 fully saturated rings. The molecule has 0 aliphatic rings. The first-order chi connectivity index (χ1) is 9.94. The van der Waals surface area contributed by atoms with Gasteiger partial charge in [-0.2, -0.15) is 4.98 Å². The first kappa shape index (κ1) is 16.0. The van der Waals surface area contributed by atoms with E-state index in [1.165, 1.54) is 5.56 Å².